The zero-order chi connectivity index (χ0) is 14.2. The Morgan fingerprint density at radius 3 is 2.67 bits per heavy atom. The first-order chi connectivity index (χ1) is 10.3. The fraction of sp³-hybridized carbons (Fsp3) is 0.412. The lowest BCUT2D eigenvalue weighted by atomic mass is 9.80. The molecule has 2 aromatic rings. The molecule has 2 heterocycles. The van der Waals surface area contributed by atoms with Crippen LogP contribution in [-0.2, 0) is 13.1 Å². The van der Waals surface area contributed by atoms with E-state index in [1.165, 1.54) is 24.8 Å². The number of hydrogen-bond donors (Lipinski definition) is 0. The Bertz CT molecular complexity index is 655. The fourth-order valence-corrected chi connectivity index (χ4v) is 3.18. The van der Waals surface area contributed by atoms with Gasteiger partial charge in [0, 0.05) is 24.8 Å². The van der Waals surface area contributed by atoms with Crippen molar-refractivity contribution in [3.63, 3.8) is 0 Å². The lowest BCUT2D eigenvalue weighted by Crippen LogP contribution is -2.37. The van der Waals surface area contributed by atoms with Crippen LogP contribution in [0.25, 0.3) is 0 Å². The number of hydrogen-bond acceptors (Lipinski definition) is 2. The predicted molar refractivity (Wildman–Crippen MR) is 80.0 cm³/mol. The van der Waals surface area contributed by atoms with E-state index < -0.39 is 0 Å². The van der Waals surface area contributed by atoms with E-state index in [0.717, 1.165) is 30.3 Å². The van der Waals surface area contributed by atoms with Gasteiger partial charge in [-0.2, -0.15) is 0 Å². The van der Waals surface area contributed by atoms with Gasteiger partial charge in [-0.15, -0.1) is 0 Å². The van der Waals surface area contributed by atoms with Crippen molar-refractivity contribution in [2.45, 2.75) is 38.3 Å². The molecular formula is C17H19N3O. The molecule has 0 atom stereocenters. The van der Waals surface area contributed by atoms with Crippen LogP contribution in [0.5, 0.6) is 0 Å². The first kappa shape index (κ1) is 12.6. The topological polar surface area (TPSA) is 38.1 Å². The molecule has 1 aliphatic heterocycles. The van der Waals surface area contributed by atoms with Crippen LogP contribution in [0.15, 0.2) is 36.8 Å². The average Bonchev–Trinajstić information content (AvgIpc) is 2.93. The van der Waals surface area contributed by atoms with E-state index in [2.05, 4.69) is 21.7 Å². The van der Waals surface area contributed by atoms with Gasteiger partial charge in [-0.05, 0) is 36.5 Å². The number of imidazole rings is 1. The van der Waals surface area contributed by atoms with Crippen LogP contribution in [0.2, 0.25) is 0 Å². The minimum absolute atomic E-state index is 0.127. The molecule has 0 unspecified atom stereocenters. The summed E-state index contributed by atoms with van der Waals surface area (Å²) in [6.07, 6.45) is 7.61. The Labute approximate surface area is 124 Å². The monoisotopic (exact) mass is 281 g/mol. The van der Waals surface area contributed by atoms with Crippen molar-refractivity contribution in [2.75, 3.05) is 6.54 Å². The Balaban J connectivity index is 1.49. The number of nitrogens with zero attached hydrogens (tertiary/aromatic N) is 3. The van der Waals surface area contributed by atoms with Crippen molar-refractivity contribution in [3.05, 3.63) is 53.6 Å². The van der Waals surface area contributed by atoms with Gasteiger partial charge in [0.15, 0.2) is 0 Å². The molecule has 0 N–H and O–H groups in total. The van der Waals surface area contributed by atoms with Crippen molar-refractivity contribution in [2.24, 2.45) is 0 Å². The number of benzene rings is 1. The number of fused-ring (bicyclic) bond motifs is 1. The summed E-state index contributed by atoms with van der Waals surface area (Å²) in [6.45, 7) is 2.25. The molecule has 0 radical (unpaired) electrons. The zero-order valence-electron chi connectivity index (χ0n) is 12.0. The van der Waals surface area contributed by atoms with Gasteiger partial charge in [0.25, 0.3) is 5.91 Å². The molecule has 1 amide bonds. The van der Waals surface area contributed by atoms with Crippen LogP contribution in [0, 0.1) is 0 Å². The van der Waals surface area contributed by atoms with Crippen molar-refractivity contribution < 1.29 is 4.79 Å². The molecule has 1 aromatic carbocycles. The van der Waals surface area contributed by atoms with Gasteiger partial charge in [-0.25, -0.2) is 4.98 Å². The van der Waals surface area contributed by atoms with E-state index >= 15 is 0 Å². The third-order valence-electron chi connectivity index (χ3n) is 4.78. The molecule has 108 valence electrons. The second-order valence-electron chi connectivity index (χ2n) is 6.05. The molecule has 4 heteroatoms. The zero-order valence-corrected chi connectivity index (χ0v) is 12.0. The Morgan fingerprint density at radius 1 is 1.14 bits per heavy atom. The summed E-state index contributed by atoms with van der Waals surface area (Å²) in [7, 11) is 0. The molecule has 1 aromatic heterocycles. The van der Waals surface area contributed by atoms with Crippen LogP contribution in [-0.4, -0.2) is 26.9 Å². The third-order valence-corrected chi connectivity index (χ3v) is 4.78. The van der Waals surface area contributed by atoms with Gasteiger partial charge in [0.1, 0.15) is 0 Å². The number of amides is 1. The summed E-state index contributed by atoms with van der Waals surface area (Å²) in [5, 5.41) is 0. The van der Waals surface area contributed by atoms with Crippen LogP contribution in [0.4, 0.5) is 0 Å². The molecule has 1 fully saturated rings. The van der Waals surface area contributed by atoms with Gasteiger partial charge in [0.2, 0.25) is 0 Å². The van der Waals surface area contributed by atoms with Crippen molar-refractivity contribution in [1.29, 1.82) is 0 Å². The summed E-state index contributed by atoms with van der Waals surface area (Å²) in [5.74, 6) is 0.848. The fourth-order valence-electron chi connectivity index (χ4n) is 3.18. The first-order valence-electron chi connectivity index (χ1n) is 7.69. The smallest absolute Gasteiger partial charge is 0.254 e. The SMILES string of the molecule is O=C(c1ccc(C2CCC2)cc1)N1CCn2cncc2C1. The lowest BCUT2D eigenvalue weighted by Gasteiger charge is -2.29. The Hall–Kier alpha value is -2.10. The van der Waals surface area contributed by atoms with E-state index in [9.17, 15) is 4.79 Å². The summed E-state index contributed by atoms with van der Waals surface area (Å²) in [5.41, 5.74) is 3.29. The summed E-state index contributed by atoms with van der Waals surface area (Å²) >= 11 is 0. The molecule has 0 saturated heterocycles. The van der Waals surface area contributed by atoms with Gasteiger partial charge < -0.3 is 9.47 Å². The first-order valence-corrected chi connectivity index (χ1v) is 7.69. The molecule has 21 heavy (non-hydrogen) atoms. The largest absolute Gasteiger partial charge is 0.331 e. The van der Waals surface area contributed by atoms with Gasteiger partial charge in [-0.3, -0.25) is 4.79 Å². The molecule has 4 rings (SSSR count). The van der Waals surface area contributed by atoms with Crippen LogP contribution in [0.1, 0.15) is 46.8 Å². The van der Waals surface area contributed by atoms with Crippen molar-refractivity contribution in [1.82, 2.24) is 14.5 Å². The van der Waals surface area contributed by atoms with E-state index in [1.807, 2.05) is 29.6 Å². The molecule has 4 nitrogen and oxygen atoms in total. The minimum Gasteiger partial charge on any atom is -0.331 e. The Kier molecular flexibility index (Phi) is 3.02. The summed E-state index contributed by atoms with van der Waals surface area (Å²) in [4.78, 5) is 18.6. The van der Waals surface area contributed by atoms with Crippen LogP contribution in [0.3, 0.4) is 0 Å². The van der Waals surface area contributed by atoms with Crippen LogP contribution >= 0.6 is 0 Å². The number of rotatable bonds is 2. The second-order valence-corrected chi connectivity index (χ2v) is 6.05. The average molecular weight is 281 g/mol. The highest BCUT2D eigenvalue weighted by Gasteiger charge is 2.23. The summed E-state index contributed by atoms with van der Waals surface area (Å²) < 4.78 is 2.11. The standard InChI is InChI=1S/C17H19N3O/c21-17(19-8-9-20-12-18-10-16(20)11-19)15-6-4-14(5-7-15)13-2-1-3-13/h4-7,10,12-13H,1-3,8-9,11H2. The van der Waals surface area contributed by atoms with Gasteiger partial charge in [-0.1, -0.05) is 18.6 Å². The highest BCUT2D eigenvalue weighted by Crippen LogP contribution is 2.36. The van der Waals surface area contributed by atoms with Gasteiger partial charge >= 0.3 is 0 Å². The van der Waals surface area contributed by atoms with Crippen molar-refractivity contribution >= 4 is 5.91 Å². The molecule has 1 aliphatic carbocycles. The highest BCUT2D eigenvalue weighted by molar-refractivity contribution is 5.94. The van der Waals surface area contributed by atoms with E-state index in [4.69, 9.17) is 0 Å². The number of aromatic nitrogens is 2. The normalized spacial score (nSPS) is 18.2. The van der Waals surface area contributed by atoms with E-state index in [-0.39, 0.29) is 5.91 Å². The maximum absolute atomic E-state index is 12.6. The van der Waals surface area contributed by atoms with E-state index in [0.29, 0.717) is 6.54 Å². The van der Waals surface area contributed by atoms with E-state index in [1.54, 1.807) is 0 Å². The molecular weight excluding hydrogens is 262 g/mol. The Morgan fingerprint density at radius 2 is 1.95 bits per heavy atom. The summed E-state index contributed by atoms with van der Waals surface area (Å²) in [6, 6.07) is 8.24. The molecule has 0 spiro atoms. The van der Waals surface area contributed by atoms with Crippen molar-refractivity contribution in [3.8, 4) is 0 Å². The maximum atomic E-state index is 12.6. The molecule has 0 bridgehead atoms. The quantitative estimate of drug-likeness (QED) is 0.849. The third kappa shape index (κ3) is 2.24. The predicted octanol–water partition coefficient (Wildman–Crippen LogP) is 2.81. The lowest BCUT2D eigenvalue weighted by molar-refractivity contribution is 0.0711. The minimum atomic E-state index is 0.127. The second kappa shape index (κ2) is 5.02. The molecule has 1 saturated carbocycles. The number of carbonyl (C=O) groups excluding carboxylic acids is 1. The molecule has 2 aliphatic rings. The van der Waals surface area contributed by atoms with Gasteiger partial charge in [0.05, 0.1) is 18.6 Å². The number of carbonyl (C=O) groups is 1. The highest BCUT2D eigenvalue weighted by atomic mass is 16.2. The van der Waals surface area contributed by atoms with Crippen LogP contribution < -0.4 is 0 Å². The maximum Gasteiger partial charge on any atom is 0.254 e.